The lowest BCUT2D eigenvalue weighted by Gasteiger charge is -2.29. The molecule has 0 radical (unpaired) electrons. The van der Waals surface area contributed by atoms with Gasteiger partial charge in [0.05, 0.1) is 19.0 Å². The van der Waals surface area contributed by atoms with E-state index in [-0.39, 0.29) is 5.41 Å². The Bertz CT molecular complexity index is 220. The number of rotatable bonds is 6. The normalized spacial score (nSPS) is 18.4. The molecular formula is C13H25NO2. The first kappa shape index (κ1) is 13.5. The molecule has 1 saturated heterocycles. The van der Waals surface area contributed by atoms with Crippen molar-refractivity contribution in [3.8, 4) is 0 Å². The van der Waals surface area contributed by atoms with Crippen LogP contribution in [-0.4, -0.2) is 44.4 Å². The molecule has 0 N–H and O–H groups in total. The highest BCUT2D eigenvalue weighted by molar-refractivity contribution is 4.97. The molecule has 94 valence electrons. The van der Waals surface area contributed by atoms with Crippen molar-refractivity contribution in [2.45, 2.75) is 27.2 Å². The summed E-state index contributed by atoms with van der Waals surface area (Å²) >= 11 is 0. The van der Waals surface area contributed by atoms with E-state index in [1.54, 1.807) is 0 Å². The van der Waals surface area contributed by atoms with E-state index in [0.29, 0.717) is 0 Å². The van der Waals surface area contributed by atoms with Gasteiger partial charge in [-0.05, 0) is 6.42 Å². The number of hydrogen-bond donors (Lipinski definition) is 0. The molecule has 0 aromatic rings. The third kappa shape index (κ3) is 4.14. The van der Waals surface area contributed by atoms with Gasteiger partial charge in [0.2, 0.25) is 0 Å². The maximum absolute atomic E-state index is 5.72. The molecule has 1 heterocycles. The Morgan fingerprint density at radius 2 is 2.00 bits per heavy atom. The van der Waals surface area contributed by atoms with Crippen molar-refractivity contribution in [3.63, 3.8) is 0 Å². The summed E-state index contributed by atoms with van der Waals surface area (Å²) in [6.07, 6.45) is 1.06. The quantitative estimate of drug-likeness (QED) is 0.650. The number of nitrogens with zero attached hydrogens (tertiary/aromatic N) is 1. The van der Waals surface area contributed by atoms with Gasteiger partial charge in [0, 0.05) is 25.0 Å². The van der Waals surface area contributed by atoms with Crippen LogP contribution in [0.4, 0.5) is 0 Å². The lowest BCUT2D eigenvalue weighted by molar-refractivity contribution is 0.0237. The summed E-state index contributed by atoms with van der Waals surface area (Å²) in [5, 5.41) is 0. The average molecular weight is 227 g/mol. The molecule has 1 aliphatic rings. The smallest absolute Gasteiger partial charge is 0.100 e. The Balaban J connectivity index is 2.17. The molecule has 0 atom stereocenters. The van der Waals surface area contributed by atoms with Gasteiger partial charge in [-0.1, -0.05) is 27.4 Å². The van der Waals surface area contributed by atoms with Crippen LogP contribution in [0, 0.1) is 5.41 Å². The van der Waals surface area contributed by atoms with Gasteiger partial charge < -0.3 is 9.47 Å². The zero-order valence-corrected chi connectivity index (χ0v) is 10.9. The number of allylic oxidation sites excluding steroid dienone is 1. The van der Waals surface area contributed by atoms with E-state index in [4.69, 9.17) is 9.47 Å². The Hall–Kier alpha value is -0.540. The number of hydrogen-bond acceptors (Lipinski definition) is 3. The molecule has 1 fully saturated rings. The first-order chi connectivity index (χ1) is 7.56. The summed E-state index contributed by atoms with van der Waals surface area (Å²) in [4.78, 5) is 2.37. The minimum Gasteiger partial charge on any atom is -0.497 e. The maximum Gasteiger partial charge on any atom is 0.100 e. The first-order valence-electron chi connectivity index (χ1n) is 6.18. The summed E-state index contributed by atoms with van der Waals surface area (Å²) in [5.74, 6) is 0.906. The molecule has 0 spiro atoms. The highest BCUT2D eigenvalue weighted by Crippen LogP contribution is 2.29. The molecule has 1 aliphatic heterocycles. The van der Waals surface area contributed by atoms with E-state index >= 15 is 0 Å². The van der Waals surface area contributed by atoms with Crippen LogP contribution in [0.15, 0.2) is 12.3 Å². The van der Waals surface area contributed by atoms with E-state index < -0.39 is 0 Å². The van der Waals surface area contributed by atoms with Crippen LogP contribution >= 0.6 is 0 Å². The monoisotopic (exact) mass is 227 g/mol. The van der Waals surface area contributed by atoms with Crippen molar-refractivity contribution in [3.05, 3.63) is 12.3 Å². The highest BCUT2D eigenvalue weighted by atomic mass is 16.5. The minimum atomic E-state index is 0.0883. The maximum atomic E-state index is 5.72. The molecule has 3 heteroatoms. The lowest BCUT2D eigenvalue weighted by Crippen LogP contribution is -2.38. The van der Waals surface area contributed by atoms with Crippen LogP contribution in [0.2, 0.25) is 0 Å². The lowest BCUT2D eigenvalue weighted by atomic mass is 9.88. The molecule has 0 bridgehead atoms. The molecule has 16 heavy (non-hydrogen) atoms. The third-order valence-corrected chi connectivity index (χ3v) is 3.43. The Kier molecular flexibility index (Phi) is 5.29. The SMILES string of the molecule is C=C(OCCN1CCOCC1)C(C)(C)CC. The Labute approximate surface area is 99.4 Å². The molecule has 0 amide bonds. The van der Waals surface area contributed by atoms with Crippen molar-refractivity contribution < 1.29 is 9.47 Å². The van der Waals surface area contributed by atoms with E-state index in [1.807, 2.05) is 0 Å². The summed E-state index contributed by atoms with van der Waals surface area (Å²) in [7, 11) is 0. The number of morpholine rings is 1. The van der Waals surface area contributed by atoms with Crippen LogP contribution in [0.3, 0.4) is 0 Å². The van der Waals surface area contributed by atoms with Gasteiger partial charge in [0.25, 0.3) is 0 Å². The second-order valence-corrected chi connectivity index (χ2v) is 4.96. The summed E-state index contributed by atoms with van der Waals surface area (Å²) < 4.78 is 11.0. The molecule has 0 aromatic carbocycles. The second-order valence-electron chi connectivity index (χ2n) is 4.96. The van der Waals surface area contributed by atoms with Gasteiger partial charge in [-0.25, -0.2) is 0 Å². The largest absolute Gasteiger partial charge is 0.497 e. The molecule has 3 nitrogen and oxygen atoms in total. The number of ether oxygens (including phenoxy) is 2. The van der Waals surface area contributed by atoms with E-state index in [1.165, 1.54) is 0 Å². The van der Waals surface area contributed by atoms with Crippen molar-refractivity contribution in [2.75, 3.05) is 39.5 Å². The van der Waals surface area contributed by atoms with Gasteiger partial charge in [-0.15, -0.1) is 0 Å². The fourth-order valence-corrected chi connectivity index (χ4v) is 1.52. The predicted octanol–water partition coefficient (Wildman–Crippen LogP) is 2.29. The summed E-state index contributed by atoms with van der Waals surface area (Å²) in [6, 6.07) is 0. The van der Waals surface area contributed by atoms with E-state index in [2.05, 4.69) is 32.3 Å². The van der Waals surface area contributed by atoms with Crippen molar-refractivity contribution in [1.29, 1.82) is 0 Å². The predicted molar refractivity (Wildman–Crippen MR) is 66.4 cm³/mol. The van der Waals surface area contributed by atoms with Gasteiger partial charge in [-0.2, -0.15) is 0 Å². The van der Waals surface area contributed by atoms with Crippen LogP contribution < -0.4 is 0 Å². The fourth-order valence-electron chi connectivity index (χ4n) is 1.52. The zero-order chi connectivity index (χ0) is 12.0. The van der Waals surface area contributed by atoms with Crippen molar-refractivity contribution in [1.82, 2.24) is 4.90 Å². The van der Waals surface area contributed by atoms with Gasteiger partial charge in [0.15, 0.2) is 0 Å². The van der Waals surface area contributed by atoms with Crippen LogP contribution in [0.25, 0.3) is 0 Å². The van der Waals surface area contributed by atoms with Crippen LogP contribution in [0.1, 0.15) is 27.2 Å². The molecule has 0 unspecified atom stereocenters. The molecule has 0 saturated carbocycles. The van der Waals surface area contributed by atoms with Gasteiger partial charge >= 0.3 is 0 Å². The third-order valence-electron chi connectivity index (χ3n) is 3.43. The molecule has 0 aromatic heterocycles. The van der Waals surface area contributed by atoms with E-state index in [0.717, 1.165) is 51.6 Å². The van der Waals surface area contributed by atoms with Crippen molar-refractivity contribution >= 4 is 0 Å². The average Bonchev–Trinajstić information content (AvgIpc) is 2.30. The standard InChI is InChI=1S/C13H25NO2/c1-5-13(3,4)12(2)16-11-8-14-6-9-15-10-7-14/h2,5-11H2,1,3-4H3. The van der Waals surface area contributed by atoms with Gasteiger partial charge in [0.1, 0.15) is 6.61 Å². The van der Waals surface area contributed by atoms with Crippen LogP contribution in [-0.2, 0) is 9.47 Å². The molecule has 1 rings (SSSR count). The fraction of sp³-hybridized carbons (Fsp3) is 0.846. The minimum absolute atomic E-state index is 0.0883. The first-order valence-corrected chi connectivity index (χ1v) is 6.18. The van der Waals surface area contributed by atoms with E-state index in [9.17, 15) is 0 Å². The zero-order valence-electron chi connectivity index (χ0n) is 10.9. The Morgan fingerprint density at radius 3 is 2.56 bits per heavy atom. The van der Waals surface area contributed by atoms with Crippen molar-refractivity contribution in [2.24, 2.45) is 5.41 Å². The second kappa shape index (κ2) is 6.26. The Morgan fingerprint density at radius 1 is 1.38 bits per heavy atom. The molecular weight excluding hydrogens is 202 g/mol. The summed E-state index contributed by atoms with van der Waals surface area (Å²) in [5.41, 5.74) is 0.0883. The summed E-state index contributed by atoms with van der Waals surface area (Å²) in [6.45, 7) is 16.0. The highest BCUT2D eigenvalue weighted by Gasteiger charge is 2.21. The topological polar surface area (TPSA) is 21.7 Å². The molecule has 0 aliphatic carbocycles. The van der Waals surface area contributed by atoms with Crippen LogP contribution in [0.5, 0.6) is 0 Å². The van der Waals surface area contributed by atoms with Gasteiger partial charge in [-0.3, -0.25) is 4.90 Å².